The minimum Gasteiger partial charge on any atom is -0.406 e. The highest BCUT2D eigenvalue weighted by Gasteiger charge is 2.33. The number of ether oxygens (including phenoxy) is 1. The van der Waals surface area contributed by atoms with Gasteiger partial charge < -0.3 is 10.1 Å². The van der Waals surface area contributed by atoms with Crippen LogP contribution in [0.1, 0.15) is 11.1 Å². The molecule has 3 rings (SSSR count). The molecular weight excluding hydrogens is 379 g/mol. The zero-order valence-corrected chi connectivity index (χ0v) is 14.3. The largest absolute Gasteiger partial charge is 0.573 e. The van der Waals surface area contributed by atoms with Crippen LogP contribution in [0.4, 0.5) is 18.9 Å². The van der Waals surface area contributed by atoms with Crippen molar-refractivity contribution in [3.8, 4) is 11.8 Å². The summed E-state index contributed by atoms with van der Waals surface area (Å²) in [6.45, 7) is 0. The van der Waals surface area contributed by atoms with Gasteiger partial charge in [0.15, 0.2) is 5.11 Å². The van der Waals surface area contributed by atoms with Gasteiger partial charge in [0.2, 0.25) is 0 Å². The molecule has 0 spiro atoms. The fourth-order valence-corrected chi connectivity index (χ4v) is 2.73. The summed E-state index contributed by atoms with van der Waals surface area (Å²) in [6.07, 6.45) is -3.26. The van der Waals surface area contributed by atoms with Crippen LogP contribution in [-0.2, 0) is 4.79 Å². The average molecular weight is 389 g/mol. The van der Waals surface area contributed by atoms with Gasteiger partial charge in [0, 0.05) is 0 Å². The molecule has 1 saturated heterocycles. The molecule has 9 heteroatoms. The number of amides is 1. The molecule has 1 heterocycles. The van der Waals surface area contributed by atoms with Gasteiger partial charge in [0.25, 0.3) is 5.91 Å². The Kier molecular flexibility index (Phi) is 4.83. The summed E-state index contributed by atoms with van der Waals surface area (Å²) in [6, 6.07) is 13.4. The molecule has 1 aliphatic rings. The van der Waals surface area contributed by atoms with Gasteiger partial charge in [-0.2, -0.15) is 5.26 Å². The quantitative estimate of drug-likeness (QED) is 0.640. The third-order valence-corrected chi connectivity index (χ3v) is 3.82. The highest BCUT2D eigenvalue weighted by Crippen LogP contribution is 2.27. The molecule has 2 aromatic rings. The van der Waals surface area contributed by atoms with Crippen molar-refractivity contribution in [2.45, 2.75) is 6.36 Å². The van der Waals surface area contributed by atoms with Crippen molar-refractivity contribution >= 4 is 35.0 Å². The van der Waals surface area contributed by atoms with Crippen LogP contribution in [0.15, 0.2) is 54.2 Å². The third-order valence-electron chi connectivity index (χ3n) is 3.53. The standard InChI is InChI=1S/C18H10F3N3O2S/c19-18(20,21)26-14-6-4-13(5-7-14)24-16(25)15(23-17(24)27)9-11-2-1-3-12(8-11)10-22/h1-9H,(H,23,27)/b15-9+. The number of nitrogens with one attached hydrogen (secondary N) is 1. The highest BCUT2D eigenvalue weighted by molar-refractivity contribution is 7.80. The molecule has 136 valence electrons. The molecule has 0 radical (unpaired) electrons. The summed E-state index contributed by atoms with van der Waals surface area (Å²) in [5, 5.41) is 11.8. The molecular formula is C18H10F3N3O2S. The van der Waals surface area contributed by atoms with Gasteiger partial charge in [-0.05, 0) is 60.3 Å². The van der Waals surface area contributed by atoms with E-state index in [0.717, 1.165) is 17.0 Å². The lowest BCUT2D eigenvalue weighted by Crippen LogP contribution is -2.30. The van der Waals surface area contributed by atoms with Gasteiger partial charge in [0.05, 0.1) is 17.3 Å². The molecule has 1 aliphatic heterocycles. The lowest BCUT2D eigenvalue weighted by atomic mass is 10.1. The lowest BCUT2D eigenvalue weighted by molar-refractivity contribution is -0.274. The number of rotatable bonds is 3. The van der Waals surface area contributed by atoms with Gasteiger partial charge >= 0.3 is 6.36 Å². The van der Waals surface area contributed by atoms with Crippen molar-refractivity contribution in [3.05, 3.63) is 65.4 Å². The van der Waals surface area contributed by atoms with Crippen LogP contribution < -0.4 is 15.0 Å². The average Bonchev–Trinajstić information content (AvgIpc) is 2.88. The first-order chi connectivity index (χ1) is 12.8. The maximum Gasteiger partial charge on any atom is 0.573 e. The molecule has 0 aromatic heterocycles. The number of hydrogen-bond acceptors (Lipinski definition) is 4. The van der Waals surface area contributed by atoms with Gasteiger partial charge in [-0.15, -0.1) is 13.2 Å². The minimum absolute atomic E-state index is 0.0900. The molecule has 2 aromatic carbocycles. The van der Waals surface area contributed by atoms with E-state index in [2.05, 4.69) is 10.1 Å². The maximum atomic E-state index is 12.6. The van der Waals surface area contributed by atoms with Crippen LogP contribution in [0.25, 0.3) is 6.08 Å². The van der Waals surface area contributed by atoms with Gasteiger partial charge in [0.1, 0.15) is 11.4 Å². The number of anilines is 1. The predicted octanol–water partition coefficient (Wildman–Crippen LogP) is 3.72. The number of thiocarbonyl (C=S) groups is 1. The Morgan fingerprint density at radius 3 is 2.52 bits per heavy atom. The van der Waals surface area contributed by atoms with Crippen molar-refractivity contribution in [1.82, 2.24) is 5.32 Å². The molecule has 0 aliphatic carbocycles. The first-order valence-electron chi connectivity index (χ1n) is 7.50. The van der Waals surface area contributed by atoms with Crippen LogP contribution in [0.3, 0.4) is 0 Å². The Hall–Kier alpha value is -3.38. The lowest BCUT2D eigenvalue weighted by Gasteiger charge is -2.15. The smallest absolute Gasteiger partial charge is 0.406 e. The highest BCUT2D eigenvalue weighted by atomic mass is 32.1. The first kappa shape index (κ1) is 18.4. The minimum atomic E-state index is -4.80. The topological polar surface area (TPSA) is 65.4 Å². The second-order valence-corrected chi connectivity index (χ2v) is 5.79. The van der Waals surface area contributed by atoms with Crippen molar-refractivity contribution in [2.24, 2.45) is 0 Å². The van der Waals surface area contributed by atoms with E-state index >= 15 is 0 Å². The Balaban J connectivity index is 1.84. The van der Waals surface area contributed by atoms with E-state index in [4.69, 9.17) is 17.5 Å². The zero-order chi connectivity index (χ0) is 19.6. The van der Waals surface area contributed by atoms with Crippen molar-refractivity contribution < 1.29 is 22.7 Å². The summed E-state index contributed by atoms with van der Waals surface area (Å²) >= 11 is 5.15. The van der Waals surface area contributed by atoms with Crippen LogP contribution in [-0.4, -0.2) is 17.4 Å². The Bertz CT molecular complexity index is 979. The molecule has 27 heavy (non-hydrogen) atoms. The SMILES string of the molecule is N#Cc1cccc(/C=C2/NC(=S)N(c3ccc(OC(F)(F)F)cc3)C2=O)c1. The van der Waals surface area contributed by atoms with Gasteiger partial charge in [-0.1, -0.05) is 12.1 Å². The summed E-state index contributed by atoms with van der Waals surface area (Å²) in [4.78, 5) is 13.8. The number of halogens is 3. The number of hydrogen-bond donors (Lipinski definition) is 1. The van der Waals surface area contributed by atoms with Crippen LogP contribution >= 0.6 is 12.2 Å². The molecule has 1 amide bonds. The summed E-state index contributed by atoms with van der Waals surface area (Å²) in [5.41, 5.74) is 1.55. The number of carbonyl (C=O) groups is 1. The number of carbonyl (C=O) groups excluding carboxylic acids is 1. The Morgan fingerprint density at radius 1 is 1.19 bits per heavy atom. The monoisotopic (exact) mass is 389 g/mol. The zero-order valence-electron chi connectivity index (χ0n) is 13.4. The van der Waals surface area contributed by atoms with E-state index in [1.54, 1.807) is 24.3 Å². The number of benzene rings is 2. The van der Waals surface area contributed by atoms with Crippen molar-refractivity contribution in [2.75, 3.05) is 4.90 Å². The molecule has 0 bridgehead atoms. The van der Waals surface area contributed by atoms with E-state index in [0.29, 0.717) is 16.8 Å². The second kappa shape index (κ2) is 7.09. The molecule has 1 N–H and O–H groups in total. The van der Waals surface area contributed by atoms with Crippen molar-refractivity contribution in [3.63, 3.8) is 0 Å². The molecule has 0 atom stereocenters. The van der Waals surface area contributed by atoms with Gasteiger partial charge in [-0.3, -0.25) is 9.69 Å². The Morgan fingerprint density at radius 2 is 1.89 bits per heavy atom. The second-order valence-electron chi connectivity index (χ2n) is 5.41. The van der Waals surface area contributed by atoms with E-state index in [1.807, 2.05) is 6.07 Å². The van der Waals surface area contributed by atoms with Crippen LogP contribution in [0, 0.1) is 11.3 Å². The maximum absolute atomic E-state index is 12.6. The molecule has 0 unspecified atom stereocenters. The number of nitrogens with zero attached hydrogens (tertiary/aromatic N) is 2. The van der Waals surface area contributed by atoms with E-state index < -0.39 is 18.0 Å². The van der Waals surface area contributed by atoms with Crippen molar-refractivity contribution in [1.29, 1.82) is 5.26 Å². The van der Waals surface area contributed by atoms with Crippen LogP contribution in [0.5, 0.6) is 5.75 Å². The van der Waals surface area contributed by atoms with E-state index in [-0.39, 0.29) is 10.8 Å². The number of nitriles is 1. The molecule has 5 nitrogen and oxygen atoms in total. The molecule has 0 saturated carbocycles. The van der Waals surface area contributed by atoms with Crippen LogP contribution in [0.2, 0.25) is 0 Å². The molecule has 1 fully saturated rings. The first-order valence-corrected chi connectivity index (χ1v) is 7.91. The normalized spacial score (nSPS) is 15.6. The summed E-state index contributed by atoms with van der Waals surface area (Å²) in [7, 11) is 0. The fraction of sp³-hybridized carbons (Fsp3) is 0.0556. The Labute approximate surface area is 157 Å². The summed E-state index contributed by atoms with van der Waals surface area (Å²) < 4.78 is 40.5. The third kappa shape index (κ3) is 4.24. The van der Waals surface area contributed by atoms with E-state index in [9.17, 15) is 18.0 Å². The van der Waals surface area contributed by atoms with E-state index in [1.165, 1.54) is 18.2 Å². The fourth-order valence-electron chi connectivity index (χ4n) is 2.43. The summed E-state index contributed by atoms with van der Waals surface area (Å²) in [5.74, 6) is -0.868. The predicted molar refractivity (Wildman–Crippen MR) is 95.5 cm³/mol. The van der Waals surface area contributed by atoms with Gasteiger partial charge in [-0.25, -0.2) is 0 Å². The number of alkyl halides is 3.